The molecule has 66 valence electrons. The molecule has 0 aromatic heterocycles. The van der Waals surface area contributed by atoms with E-state index in [0.29, 0.717) is 0 Å². The van der Waals surface area contributed by atoms with Crippen LogP contribution < -0.4 is 0 Å². The Labute approximate surface area is 77.6 Å². The van der Waals surface area contributed by atoms with E-state index in [4.69, 9.17) is 4.74 Å². The third-order valence-electron chi connectivity index (χ3n) is 2.66. The Hall–Kier alpha value is 0.440. The topological polar surface area (TPSA) is 9.23 Å². The molecule has 1 aliphatic heterocycles. The zero-order chi connectivity index (χ0) is 8.10. The Kier molecular flexibility index (Phi) is 4.46. The molecule has 2 heteroatoms. The van der Waals surface area contributed by atoms with Crippen LogP contribution in [0.1, 0.15) is 26.2 Å². The first-order valence-corrected chi connectivity index (χ1v) is 5.64. The number of ether oxygens (including phenoxy) is 1. The molecule has 0 bridgehead atoms. The maximum atomic E-state index is 5.32. The fourth-order valence-corrected chi connectivity index (χ4v) is 2.74. The van der Waals surface area contributed by atoms with Gasteiger partial charge in [0.05, 0.1) is 0 Å². The normalized spacial score (nSPS) is 23.5. The fourth-order valence-electron chi connectivity index (χ4n) is 1.76. The van der Waals surface area contributed by atoms with Crippen LogP contribution in [0.3, 0.4) is 0 Å². The minimum atomic E-state index is 0.874. The van der Waals surface area contributed by atoms with Crippen molar-refractivity contribution in [3.05, 3.63) is 0 Å². The van der Waals surface area contributed by atoms with Gasteiger partial charge in [0, 0.05) is 18.5 Å². The fraction of sp³-hybridized carbons (Fsp3) is 1.00. The van der Waals surface area contributed by atoms with Crippen LogP contribution in [0.2, 0.25) is 0 Å². The van der Waals surface area contributed by atoms with E-state index in [1.807, 2.05) is 0 Å². The van der Waals surface area contributed by atoms with Crippen LogP contribution in [0.25, 0.3) is 0 Å². The molecule has 1 unspecified atom stereocenters. The highest BCUT2D eigenvalue weighted by atomic mass is 79.9. The van der Waals surface area contributed by atoms with Crippen molar-refractivity contribution in [2.75, 3.05) is 18.5 Å². The molecule has 1 heterocycles. The van der Waals surface area contributed by atoms with E-state index in [9.17, 15) is 0 Å². The number of alkyl halides is 1. The largest absolute Gasteiger partial charge is 0.381 e. The van der Waals surface area contributed by atoms with Crippen molar-refractivity contribution in [2.24, 2.45) is 11.8 Å². The van der Waals surface area contributed by atoms with Crippen molar-refractivity contribution in [1.29, 1.82) is 0 Å². The van der Waals surface area contributed by atoms with E-state index < -0.39 is 0 Å². The molecule has 0 amide bonds. The van der Waals surface area contributed by atoms with Gasteiger partial charge in [0.1, 0.15) is 0 Å². The van der Waals surface area contributed by atoms with Gasteiger partial charge in [-0.15, -0.1) is 0 Å². The van der Waals surface area contributed by atoms with Crippen molar-refractivity contribution in [2.45, 2.75) is 26.2 Å². The molecular formula is C9H17BrO. The summed E-state index contributed by atoms with van der Waals surface area (Å²) in [7, 11) is 0. The number of halogens is 1. The molecule has 0 aromatic rings. The summed E-state index contributed by atoms with van der Waals surface area (Å²) in [6.07, 6.45) is 3.84. The second kappa shape index (κ2) is 5.15. The van der Waals surface area contributed by atoms with E-state index in [1.54, 1.807) is 0 Å². The van der Waals surface area contributed by atoms with Gasteiger partial charge in [0.2, 0.25) is 0 Å². The van der Waals surface area contributed by atoms with E-state index >= 15 is 0 Å². The summed E-state index contributed by atoms with van der Waals surface area (Å²) in [6, 6.07) is 0. The quantitative estimate of drug-likeness (QED) is 0.666. The summed E-state index contributed by atoms with van der Waals surface area (Å²) in [5, 5.41) is 1.16. The van der Waals surface area contributed by atoms with Crippen molar-refractivity contribution in [3.8, 4) is 0 Å². The molecule has 0 saturated carbocycles. The van der Waals surface area contributed by atoms with Crippen molar-refractivity contribution in [3.63, 3.8) is 0 Å². The molecule has 1 rings (SSSR count). The molecule has 0 N–H and O–H groups in total. The predicted molar refractivity (Wildman–Crippen MR) is 51.1 cm³/mol. The summed E-state index contributed by atoms with van der Waals surface area (Å²) >= 11 is 3.57. The van der Waals surface area contributed by atoms with Crippen LogP contribution in [-0.2, 0) is 4.74 Å². The predicted octanol–water partition coefficient (Wildman–Crippen LogP) is 2.83. The first kappa shape index (κ1) is 9.53. The molecule has 1 aliphatic rings. The Bertz CT molecular complexity index is 95.7. The van der Waals surface area contributed by atoms with Crippen LogP contribution in [0.15, 0.2) is 0 Å². The Morgan fingerprint density at radius 3 is 2.55 bits per heavy atom. The summed E-state index contributed by atoms with van der Waals surface area (Å²) in [5.41, 5.74) is 0. The van der Waals surface area contributed by atoms with Crippen molar-refractivity contribution >= 4 is 15.9 Å². The van der Waals surface area contributed by atoms with Gasteiger partial charge in [-0.05, 0) is 24.7 Å². The second-order valence-electron chi connectivity index (χ2n) is 3.27. The molecular weight excluding hydrogens is 204 g/mol. The molecule has 0 aromatic carbocycles. The smallest absolute Gasteiger partial charge is 0.0468 e. The first-order chi connectivity index (χ1) is 5.38. The minimum absolute atomic E-state index is 0.874. The number of hydrogen-bond donors (Lipinski definition) is 0. The molecule has 1 atom stereocenters. The van der Waals surface area contributed by atoms with Crippen LogP contribution in [0, 0.1) is 11.8 Å². The van der Waals surface area contributed by atoms with Gasteiger partial charge in [0.15, 0.2) is 0 Å². The standard InChI is InChI=1S/C9H17BrO/c1-2-8(7-10)9-3-5-11-6-4-9/h8-9H,2-7H2,1H3. The maximum absolute atomic E-state index is 5.32. The summed E-state index contributed by atoms with van der Waals surface area (Å²) < 4.78 is 5.32. The van der Waals surface area contributed by atoms with E-state index in [1.165, 1.54) is 19.3 Å². The van der Waals surface area contributed by atoms with Gasteiger partial charge in [-0.3, -0.25) is 0 Å². The third kappa shape index (κ3) is 2.75. The summed E-state index contributed by atoms with van der Waals surface area (Å²) in [4.78, 5) is 0. The molecule has 11 heavy (non-hydrogen) atoms. The van der Waals surface area contributed by atoms with Crippen molar-refractivity contribution in [1.82, 2.24) is 0 Å². The zero-order valence-electron chi connectivity index (χ0n) is 7.18. The highest BCUT2D eigenvalue weighted by Gasteiger charge is 2.21. The van der Waals surface area contributed by atoms with Gasteiger partial charge in [-0.1, -0.05) is 29.3 Å². The molecule has 0 radical (unpaired) electrons. The molecule has 0 spiro atoms. The SMILES string of the molecule is CCC(CBr)C1CCOCC1. The van der Waals surface area contributed by atoms with Gasteiger partial charge >= 0.3 is 0 Å². The average molecular weight is 221 g/mol. The lowest BCUT2D eigenvalue weighted by atomic mass is 9.86. The molecule has 0 aliphatic carbocycles. The average Bonchev–Trinajstić information content (AvgIpc) is 2.09. The van der Waals surface area contributed by atoms with Gasteiger partial charge in [-0.25, -0.2) is 0 Å². The van der Waals surface area contributed by atoms with E-state index in [0.717, 1.165) is 30.4 Å². The van der Waals surface area contributed by atoms with Gasteiger partial charge in [0.25, 0.3) is 0 Å². The summed E-state index contributed by atoms with van der Waals surface area (Å²) in [6.45, 7) is 4.24. The second-order valence-corrected chi connectivity index (χ2v) is 3.92. The van der Waals surface area contributed by atoms with Crippen LogP contribution in [0.5, 0.6) is 0 Å². The zero-order valence-corrected chi connectivity index (χ0v) is 8.77. The maximum Gasteiger partial charge on any atom is 0.0468 e. The monoisotopic (exact) mass is 220 g/mol. The lowest BCUT2D eigenvalue weighted by molar-refractivity contribution is 0.0499. The third-order valence-corrected chi connectivity index (χ3v) is 3.49. The van der Waals surface area contributed by atoms with Crippen LogP contribution in [-0.4, -0.2) is 18.5 Å². The lowest BCUT2D eigenvalue weighted by Gasteiger charge is -2.28. The Morgan fingerprint density at radius 2 is 2.09 bits per heavy atom. The Balaban J connectivity index is 2.30. The highest BCUT2D eigenvalue weighted by Crippen LogP contribution is 2.27. The van der Waals surface area contributed by atoms with Crippen molar-refractivity contribution < 1.29 is 4.74 Å². The lowest BCUT2D eigenvalue weighted by Crippen LogP contribution is -2.23. The molecule has 1 nitrogen and oxygen atoms in total. The number of rotatable bonds is 3. The van der Waals surface area contributed by atoms with Crippen LogP contribution in [0.4, 0.5) is 0 Å². The van der Waals surface area contributed by atoms with E-state index in [2.05, 4.69) is 22.9 Å². The van der Waals surface area contributed by atoms with E-state index in [-0.39, 0.29) is 0 Å². The minimum Gasteiger partial charge on any atom is -0.381 e. The highest BCUT2D eigenvalue weighted by molar-refractivity contribution is 9.09. The van der Waals surface area contributed by atoms with Gasteiger partial charge in [-0.2, -0.15) is 0 Å². The number of hydrogen-bond acceptors (Lipinski definition) is 1. The Morgan fingerprint density at radius 1 is 1.45 bits per heavy atom. The molecule has 1 fully saturated rings. The first-order valence-electron chi connectivity index (χ1n) is 4.52. The summed E-state index contributed by atoms with van der Waals surface area (Å²) in [5.74, 6) is 1.78. The van der Waals surface area contributed by atoms with Gasteiger partial charge < -0.3 is 4.74 Å². The van der Waals surface area contributed by atoms with Crippen LogP contribution >= 0.6 is 15.9 Å². The molecule has 1 saturated heterocycles.